The van der Waals surface area contributed by atoms with Crippen molar-refractivity contribution in [1.82, 2.24) is 10.2 Å². The highest BCUT2D eigenvalue weighted by molar-refractivity contribution is 6.24. The summed E-state index contributed by atoms with van der Waals surface area (Å²) in [5.41, 5.74) is 1.73. The summed E-state index contributed by atoms with van der Waals surface area (Å²) < 4.78 is 0. The molecule has 0 bridgehead atoms. The van der Waals surface area contributed by atoms with E-state index in [2.05, 4.69) is 5.32 Å². The van der Waals surface area contributed by atoms with Crippen LogP contribution >= 0.6 is 0 Å². The Morgan fingerprint density at radius 2 is 1.69 bits per heavy atom. The number of Topliss-reactive ketones (excluding diaryl/α,β-unsaturated/α-hetero) is 2. The molecule has 0 radical (unpaired) electrons. The van der Waals surface area contributed by atoms with Crippen LogP contribution in [0.1, 0.15) is 39.9 Å². The predicted octanol–water partition coefficient (Wildman–Crippen LogP) is 0.426. The van der Waals surface area contributed by atoms with Gasteiger partial charge in [-0.3, -0.25) is 24.1 Å². The van der Waals surface area contributed by atoms with E-state index < -0.39 is 87.3 Å². The highest BCUT2D eigenvalue weighted by Gasteiger charge is 2.68. The van der Waals surface area contributed by atoms with Gasteiger partial charge in [-0.1, -0.05) is 37.3 Å². The molecule has 12 heteroatoms. The van der Waals surface area contributed by atoms with Crippen LogP contribution in [-0.4, -0.2) is 85.7 Å². The molecule has 0 heterocycles. The summed E-state index contributed by atoms with van der Waals surface area (Å²) in [6.07, 6.45) is -1.67. The maximum absolute atomic E-state index is 14.1. The fraction of sp³-hybridized carbons (Fsp3) is 0.333. The van der Waals surface area contributed by atoms with Crippen LogP contribution in [0.5, 0.6) is 5.75 Å². The Hall–Kier alpha value is -4.52. The number of amides is 2. The van der Waals surface area contributed by atoms with E-state index in [1.807, 2.05) is 0 Å². The Morgan fingerprint density at radius 3 is 2.29 bits per heavy atom. The number of carbonyl (C=O) groups is 4. The number of aliphatic hydroxyl groups excluding tert-OH is 3. The number of phenols is 1. The number of nitrogens with one attached hydrogen (secondary N) is 1. The Bertz CT molecular complexity index is 1600. The van der Waals surface area contributed by atoms with E-state index in [4.69, 9.17) is 5.73 Å². The second-order valence-electron chi connectivity index (χ2n) is 11.1. The van der Waals surface area contributed by atoms with Gasteiger partial charge in [0, 0.05) is 29.2 Å². The predicted molar refractivity (Wildman–Crippen MR) is 148 cm³/mol. The SMILES string of the molecule is C[C@H]1c2ccc(CNC(=O)c3ccccc3)c(O)c2C(O)=C2C(=O)[C@]3(O)C(O)=C(C(N)=O)C(=O)[C@@H](N(C)C)C3C(O)C21. The second-order valence-corrected chi connectivity index (χ2v) is 11.1. The summed E-state index contributed by atoms with van der Waals surface area (Å²) >= 11 is 0. The van der Waals surface area contributed by atoms with Crippen molar-refractivity contribution in [3.63, 3.8) is 0 Å². The van der Waals surface area contributed by atoms with Crippen LogP contribution in [0.25, 0.3) is 5.76 Å². The minimum absolute atomic E-state index is 0.131. The lowest BCUT2D eigenvalue weighted by molar-refractivity contribution is -0.169. The van der Waals surface area contributed by atoms with Gasteiger partial charge in [0.15, 0.2) is 11.4 Å². The van der Waals surface area contributed by atoms with E-state index in [1.165, 1.54) is 19.0 Å². The fourth-order valence-electron chi connectivity index (χ4n) is 6.67. The molecule has 2 aromatic rings. The summed E-state index contributed by atoms with van der Waals surface area (Å²) in [5, 5.41) is 59.7. The molecular formula is C30H31N3O9. The molecule has 0 spiro atoms. The van der Waals surface area contributed by atoms with Crippen LogP contribution in [0, 0.1) is 11.8 Å². The van der Waals surface area contributed by atoms with Gasteiger partial charge in [-0.15, -0.1) is 0 Å². The average molecular weight is 578 g/mol. The number of rotatable bonds is 5. The number of nitrogens with zero attached hydrogens (tertiary/aromatic N) is 1. The van der Waals surface area contributed by atoms with Crippen molar-refractivity contribution in [2.24, 2.45) is 17.6 Å². The molecular weight excluding hydrogens is 546 g/mol. The van der Waals surface area contributed by atoms with Crippen molar-refractivity contribution < 1.29 is 44.7 Å². The zero-order valence-electron chi connectivity index (χ0n) is 23.0. The topological polar surface area (TPSA) is 211 Å². The number of likely N-dealkylation sites (N-methyl/N-ethyl adjacent to an activating group) is 1. The summed E-state index contributed by atoms with van der Waals surface area (Å²) in [6, 6.07) is 10.1. The van der Waals surface area contributed by atoms with Crippen molar-refractivity contribution in [3.8, 4) is 5.75 Å². The van der Waals surface area contributed by atoms with Crippen molar-refractivity contribution in [2.45, 2.75) is 37.1 Å². The first-order valence-corrected chi connectivity index (χ1v) is 13.3. The van der Waals surface area contributed by atoms with Gasteiger partial charge in [0.25, 0.3) is 11.8 Å². The smallest absolute Gasteiger partial charge is 0.255 e. The van der Waals surface area contributed by atoms with Gasteiger partial charge >= 0.3 is 0 Å². The van der Waals surface area contributed by atoms with Crippen LogP contribution in [0.2, 0.25) is 0 Å². The second kappa shape index (κ2) is 10.1. The largest absolute Gasteiger partial charge is 0.508 e. The van der Waals surface area contributed by atoms with Gasteiger partial charge in [-0.2, -0.15) is 0 Å². The zero-order valence-corrected chi connectivity index (χ0v) is 23.0. The van der Waals surface area contributed by atoms with Gasteiger partial charge in [0.1, 0.15) is 22.8 Å². The van der Waals surface area contributed by atoms with E-state index >= 15 is 0 Å². The van der Waals surface area contributed by atoms with Gasteiger partial charge in [0.2, 0.25) is 5.78 Å². The van der Waals surface area contributed by atoms with Gasteiger partial charge < -0.3 is 36.6 Å². The summed E-state index contributed by atoms with van der Waals surface area (Å²) in [7, 11) is 2.89. The van der Waals surface area contributed by atoms with Crippen molar-refractivity contribution in [2.75, 3.05) is 14.1 Å². The molecule has 6 atom stereocenters. The highest BCUT2D eigenvalue weighted by atomic mass is 16.4. The Labute approximate surface area is 240 Å². The Kier molecular flexibility index (Phi) is 6.96. The maximum Gasteiger partial charge on any atom is 0.255 e. The third-order valence-corrected chi connectivity index (χ3v) is 8.69. The lowest BCUT2D eigenvalue weighted by Crippen LogP contribution is -2.70. The first-order valence-electron chi connectivity index (χ1n) is 13.3. The van der Waals surface area contributed by atoms with Crippen LogP contribution in [0.4, 0.5) is 0 Å². The zero-order chi connectivity index (χ0) is 30.8. The molecule has 42 heavy (non-hydrogen) atoms. The van der Waals surface area contributed by atoms with E-state index in [1.54, 1.807) is 49.4 Å². The monoisotopic (exact) mass is 577 g/mol. The first-order chi connectivity index (χ1) is 19.7. The number of aliphatic hydroxyl groups is 4. The molecule has 3 unspecified atom stereocenters. The number of hydrogen-bond acceptors (Lipinski definition) is 10. The van der Waals surface area contributed by atoms with Crippen LogP contribution < -0.4 is 11.1 Å². The molecule has 5 rings (SSSR count). The minimum Gasteiger partial charge on any atom is -0.508 e. The van der Waals surface area contributed by atoms with Crippen LogP contribution in [-0.2, 0) is 20.9 Å². The number of hydrogen-bond donors (Lipinski definition) is 7. The third kappa shape index (κ3) is 3.94. The lowest BCUT2D eigenvalue weighted by atomic mass is 9.54. The van der Waals surface area contributed by atoms with Gasteiger partial charge in [-0.25, -0.2) is 0 Å². The number of fused-ring (bicyclic) bond motifs is 3. The van der Waals surface area contributed by atoms with Gasteiger partial charge in [-0.05, 0) is 37.7 Å². The van der Waals surface area contributed by atoms with E-state index in [-0.39, 0.29) is 17.7 Å². The summed E-state index contributed by atoms with van der Waals surface area (Å²) in [4.78, 5) is 53.3. The fourth-order valence-corrected chi connectivity index (χ4v) is 6.67. The maximum atomic E-state index is 14.1. The van der Waals surface area contributed by atoms with Crippen molar-refractivity contribution >= 4 is 29.1 Å². The third-order valence-electron chi connectivity index (χ3n) is 8.69. The molecule has 3 aliphatic rings. The molecule has 12 nitrogen and oxygen atoms in total. The number of carbonyl (C=O) groups excluding carboxylic acids is 4. The summed E-state index contributed by atoms with van der Waals surface area (Å²) in [6.45, 7) is 1.51. The molecule has 3 aliphatic carbocycles. The molecule has 0 aliphatic heterocycles. The quantitative estimate of drug-likeness (QED) is 0.244. The number of aromatic hydroxyl groups is 1. The molecule has 8 N–H and O–H groups in total. The average Bonchev–Trinajstić information content (AvgIpc) is 2.94. The van der Waals surface area contributed by atoms with Crippen LogP contribution in [0.3, 0.4) is 0 Å². The number of primary amides is 1. The van der Waals surface area contributed by atoms with Crippen molar-refractivity contribution in [1.29, 1.82) is 0 Å². The summed E-state index contributed by atoms with van der Waals surface area (Å²) in [5.74, 6) is -9.97. The molecule has 2 amide bonds. The van der Waals surface area contributed by atoms with Crippen molar-refractivity contribution in [3.05, 3.63) is 81.6 Å². The van der Waals surface area contributed by atoms with E-state index in [0.29, 0.717) is 11.1 Å². The Balaban J connectivity index is 1.63. The molecule has 1 saturated carbocycles. The van der Waals surface area contributed by atoms with Gasteiger partial charge in [0.05, 0.1) is 23.6 Å². The van der Waals surface area contributed by atoms with Crippen LogP contribution in [0.15, 0.2) is 59.4 Å². The van der Waals surface area contributed by atoms with E-state index in [0.717, 1.165) is 0 Å². The molecule has 0 aromatic heterocycles. The molecule has 0 saturated heterocycles. The molecule has 2 aromatic carbocycles. The number of nitrogens with two attached hydrogens (primary N) is 1. The normalized spacial score (nSPS) is 28.8. The number of benzene rings is 2. The highest BCUT2D eigenvalue weighted by Crippen LogP contribution is 2.56. The minimum atomic E-state index is -2.99. The van der Waals surface area contributed by atoms with E-state index in [9.17, 15) is 44.7 Å². The molecule has 1 fully saturated rings. The number of ketones is 2. The first kappa shape index (κ1) is 29.0. The lowest BCUT2D eigenvalue weighted by Gasteiger charge is -2.53. The molecule has 220 valence electrons. The Morgan fingerprint density at radius 1 is 1.05 bits per heavy atom. The standard InChI is InChI=1S/C30H31N3O9/c1-12-15-10-9-14(11-32-29(41)13-7-5-4-6-8-13)22(34)17(15)23(35)18-16(12)24(36)20-21(33(2)3)25(37)19(28(31)40)27(39)30(20,42)26(18)38/h4-10,12,16,20-21,24,34-36,39,42H,11H2,1-3H3,(H2,31,40)(H,32,41)/t12-,16?,20?,21-,24?,30-/m0/s1. The number of phenolic OH excluding ortho intramolecular Hbond substituents is 1.